The lowest BCUT2D eigenvalue weighted by Gasteiger charge is -2.38. The molecular formula is C24H23N5O2. The number of benzene rings is 1. The fourth-order valence-corrected chi connectivity index (χ4v) is 4.17. The number of fused-ring (bicyclic) bond motifs is 1. The van der Waals surface area contributed by atoms with Gasteiger partial charge in [0, 0.05) is 31.7 Å². The van der Waals surface area contributed by atoms with Crippen LogP contribution < -0.4 is 0 Å². The van der Waals surface area contributed by atoms with Crippen molar-refractivity contribution in [2.45, 2.75) is 25.0 Å². The summed E-state index contributed by atoms with van der Waals surface area (Å²) in [6.07, 6.45) is 7.93. The minimum atomic E-state index is -0.884. The number of imidazole rings is 1. The van der Waals surface area contributed by atoms with Crippen molar-refractivity contribution in [1.82, 2.24) is 24.4 Å². The fraction of sp³-hybridized carbons (Fsp3) is 0.250. The summed E-state index contributed by atoms with van der Waals surface area (Å²) in [5.74, 6) is -0.0775. The molecule has 3 aromatic heterocycles. The Morgan fingerprint density at radius 1 is 1.03 bits per heavy atom. The number of nitrogens with zero attached hydrogens (tertiary/aromatic N) is 5. The van der Waals surface area contributed by atoms with Crippen molar-refractivity contribution in [3.05, 3.63) is 90.1 Å². The molecule has 0 saturated carbocycles. The first-order valence-corrected chi connectivity index (χ1v) is 10.4. The summed E-state index contributed by atoms with van der Waals surface area (Å²) in [5, 5.41) is 11.0. The van der Waals surface area contributed by atoms with Gasteiger partial charge in [-0.2, -0.15) is 0 Å². The van der Waals surface area contributed by atoms with Crippen molar-refractivity contribution < 1.29 is 9.90 Å². The van der Waals surface area contributed by atoms with Gasteiger partial charge in [-0.15, -0.1) is 0 Å². The number of likely N-dealkylation sites (tertiary alicyclic amines) is 1. The Labute approximate surface area is 180 Å². The van der Waals surface area contributed by atoms with E-state index in [0.29, 0.717) is 43.6 Å². The number of hydrogen-bond donors (Lipinski definition) is 1. The molecular weight excluding hydrogens is 390 g/mol. The maximum Gasteiger partial charge on any atom is 0.255 e. The first-order valence-electron chi connectivity index (χ1n) is 10.4. The van der Waals surface area contributed by atoms with Crippen molar-refractivity contribution >= 4 is 17.1 Å². The Kier molecular flexibility index (Phi) is 4.95. The minimum absolute atomic E-state index is 0.0775. The number of pyridine rings is 2. The van der Waals surface area contributed by atoms with Crippen LogP contribution in [0.5, 0.6) is 0 Å². The van der Waals surface area contributed by atoms with Crippen molar-refractivity contribution in [2.75, 3.05) is 13.1 Å². The third-order valence-electron chi connectivity index (χ3n) is 5.97. The third-order valence-corrected chi connectivity index (χ3v) is 5.97. The predicted molar refractivity (Wildman–Crippen MR) is 116 cm³/mol. The smallest absolute Gasteiger partial charge is 0.255 e. The van der Waals surface area contributed by atoms with E-state index in [0.717, 1.165) is 16.8 Å². The molecule has 1 amide bonds. The molecule has 1 aliphatic heterocycles. The molecule has 0 radical (unpaired) electrons. The van der Waals surface area contributed by atoms with Crippen molar-refractivity contribution in [3.63, 3.8) is 0 Å². The highest BCUT2D eigenvalue weighted by Gasteiger charge is 2.35. The summed E-state index contributed by atoms with van der Waals surface area (Å²) >= 11 is 0. The summed E-state index contributed by atoms with van der Waals surface area (Å²) in [7, 11) is 0. The monoisotopic (exact) mass is 413 g/mol. The fourth-order valence-electron chi connectivity index (χ4n) is 4.17. The van der Waals surface area contributed by atoms with E-state index in [4.69, 9.17) is 0 Å². The van der Waals surface area contributed by atoms with Crippen LogP contribution in [-0.4, -0.2) is 48.5 Å². The van der Waals surface area contributed by atoms with Crippen LogP contribution in [0, 0.1) is 0 Å². The quantitative estimate of drug-likeness (QED) is 0.556. The lowest BCUT2D eigenvalue weighted by Crippen LogP contribution is -2.45. The summed E-state index contributed by atoms with van der Waals surface area (Å²) in [5.41, 5.74) is 3.02. The molecule has 5 rings (SSSR count). The van der Waals surface area contributed by atoms with Crippen LogP contribution >= 0.6 is 0 Å². The average molecular weight is 413 g/mol. The summed E-state index contributed by atoms with van der Waals surface area (Å²) < 4.78 is 1.95. The molecule has 7 heteroatoms. The molecule has 0 spiro atoms. The van der Waals surface area contributed by atoms with Gasteiger partial charge in [0.15, 0.2) is 5.65 Å². The Bertz CT molecular complexity index is 1200. The molecule has 31 heavy (non-hydrogen) atoms. The predicted octanol–water partition coefficient (Wildman–Crippen LogP) is 3.00. The number of carbonyl (C=O) groups is 1. The zero-order valence-corrected chi connectivity index (χ0v) is 17.1. The van der Waals surface area contributed by atoms with Crippen LogP contribution in [0.2, 0.25) is 0 Å². The molecule has 1 aromatic carbocycles. The topological polar surface area (TPSA) is 84.1 Å². The van der Waals surface area contributed by atoms with Crippen LogP contribution in [0.15, 0.2) is 73.4 Å². The second kappa shape index (κ2) is 7.92. The van der Waals surface area contributed by atoms with E-state index < -0.39 is 5.60 Å². The highest BCUT2D eigenvalue weighted by atomic mass is 16.3. The van der Waals surface area contributed by atoms with Crippen LogP contribution in [0.3, 0.4) is 0 Å². The molecule has 1 aliphatic rings. The number of piperidine rings is 1. The van der Waals surface area contributed by atoms with Gasteiger partial charge in [0.1, 0.15) is 5.52 Å². The van der Waals surface area contributed by atoms with E-state index in [2.05, 4.69) is 15.0 Å². The molecule has 0 atom stereocenters. The van der Waals surface area contributed by atoms with Gasteiger partial charge < -0.3 is 14.6 Å². The third kappa shape index (κ3) is 3.80. The Morgan fingerprint density at radius 2 is 1.84 bits per heavy atom. The number of aromatic nitrogens is 4. The number of rotatable bonds is 4. The zero-order chi connectivity index (χ0) is 21.3. The van der Waals surface area contributed by atoms with Gasteiger partial charge in [-0.05, 0) is 36.1 Å². The first kappa shape index (κ1) is 19.4. The summed E-state index contributed by atoms with van der Waals surface area (Å²) in [6, 6.07) is 15.4. The van der Waals surface area contributed by atoms with Crippen LogP contribution in [0.25, 0.3) is 11.2 Å². The molecule has 0 bridgehead atoms. The van der Waals surface area contributed by atoms with Gasteiger partial charge in [0.25, 0.3) is 5.91 Å². The molecule has 4 aromatic rings. The zero-order valence-electron chi connectivity index (χ0n) is 17.1. The number of hydrogen-bond acceptors (Lipinski definition) is 5. The number of amides is 1. The Hall–Kier alpha value is -3.58. The molecule has 1 fully saturated rings. The second-order valence-corrected chi connectivity index (χ2v) is 7.99. The molecule has 1 saturated heterocycles. The van der Waals surface area contributed by atoms with Gasteiger partial charge in [-0.25, -0.2) is 9.97 Å². The lowest BCUT2D eigenvalue weighted by molar-refractivity contribution is -0.0211. The maximum atomic E-state index is 13.1. The Morgan fingerprint density at radius 3 is 2.58 bits per heavy atom. The van der Waals surface area contributed by atoms with E-state index in [1.165, 1.54) is 0 Å². The standard InChI is InChI=1S/C24H23N5O2/c30-23(28-11-8-24(31,9-12-28)20-6-2-1-3-7-20)19-13-21-22(26-15-19)29(17-27-21)16-18-5-4-10-25-14-18/h1-7,10,13-15,17,31H,8-9,11-12,16H2. The van der Waals surface area contributed by atoms with Crippen molar-refractivity contribution in [1.29, 1.82) is 0 Å². The summed E-state index contributed by atoms with van der Waals surface area (Å²) in [4.78, 5) is 27.9. The van der Waals surface area contributed by atoms with Crippen LogP contribution in [0.1, 0.15) is 34.3 Å². The van der Waals surface area contributed by atoms with Gasteiger partial charge in [0.2, 0.25) is 0 Å². The number of aliphatic hydroxyl groups is 1. The second-order valence-electron chi connectivity index (χ2n) is 7.99. The molecule has 7 nitrogen and oxygen atoms in total. The van der Waals surface area contributed by atoms with E-state index in [1.807, 2.05) is 53.2 Å². The van der Waals surface area contributed by atoms with Crippen molar-refractivity contribution in [2.24, 2.45) is 0 Å². The Balaban J connectivity index is 1.30. The molecule has 4 heterocycles. The maximum absolute atomic E-state index is 13.1. The minimum Gasteiger partial charge on any atom is -0.385 e. The van der Waals surface area contributed by atoms with Crippen LogP contribution in [0.4, 0.5) is 0 Å². The van der Waals surface area contributed by atoms with Gasteiger partial charge in [-0.1, -0.05) is 36.4 Å². The lowest BCUT2D eigenvalue weighted by atomic mass is 9.84. The molecule has 156 valence electrons. The average Bonchev–Trinajstić information content (AvgIpc) is 3.22. The number of carbonyl (C=O) groups excluding carboxylic acids is 1. The van der Waals surface area contributed by atoms with E-state index in [-0.39, 0.29) is 5.91 Å². The largest absolute Gasteiger partial charge is 0.385 e. The first-order chi connectivity index (χ1) is 15.1. The highest BCUT2D eigenvalue weighted by molar-refractivity contribution is 5.96. The summed E-state index contributed by atoms with van der Waals surface area (Å²) in [6.45, 7) is 1.62. The van der Waals surface area contributed by atoms with E-state index in [9.17, 15) is 9.90 Å². The van der Waals surface area contributed by atoms with Gasteiger partial charge in [-0.3, -0.25) is 9.78 Å². The van der Waals surface area contributed by atoms with Gasteiger partial charge in [0.05, 0.1) is 24.0 Å². The van der Waals surface area contributed by atoms with Crippen LogP contribution in [-0.2, 0) is 12.1 Å². The van der Waals surface area contributed by atoms with Gasteiger partial charge >= 0.3 is 0 Å². The molecule has 0 unspecified atom stereocenters. The highest BCUT2D eigenvalue weighted by Crippen LogP contribution is 2.33. The molecule has 0 aliphatic carbocycles. The molecule has 1 N–H and O–H groups in total. The van der Waals surface area contributed by atoms with Crippen molar-refractivity contribution in [3.8, 4) is 0 Å². The van der Waals surface area contributed by atoms with E-state index >= 15 is 0 Å². The normalized spacial score (nSPS) is 15.8. The van der Waals surface area contributed by atoms with E-state index in [1.54, 1.807) is 29.7 Å². The SMILES string of the molecule is O=C(c1cnc2c(c1)ncn2Cc1cccnc1)N1CCC(O)(c2ccccc2)CC1.